The molecule has 2 heterocycles. The third-order valence-electron chi connectivity index (χ3n) is 5.41. The van der Waals surface area contributed by atoms with E-state index in [2.05, 4.69) is 10.1 Å². The zero-order valence-electron chi connectivity index (χ0n) is 18.7. The van der Waals surface area contributed by atoms with Gasteiger partial charge in [0.15, 0.2) is 0 Å². The number of piperidine rings is 1. The molecule has 1 aromatic carbocycles. The minimum Gasteiger partial charge on any atom is -0.451 e. The Hall–Kier alpha value is -3.57. The van der Waals surface area contributed by atoms with E-state index in [0.29, 0.717) is 37.3 Å². The molecule has 2 aliphatic heterocycles. The summed E-state index contributed by atoms with van der Waals surface area (Å²) in [6.07, 6.45) is -1.02. The number of hydroxylamine groups is 2. The van der Waals surface area contributed by atoms with Crippen molar-refractivity contribution in [3.63, 3.8) is 0 Å². The van der Waals surface area contributed by atoms with Crippen LogP contribution in [0.15, 0.2) is 18.2 Å². The van der Waals surface area contributed by atoms with E-state index < -0.39 is 30.1 Å². The normalized spacial score (nSPS) is 18.5. The Morgan fingerprint density at radius 1 is 1.24 bits per heavy atom. The van der Waals surface area contributed by atoms with Gasteiger partial charge in [-0.1, -0.05) is 0 Å². The number of amides is 3. The standard InChI is InChI=1S/C21H27FN4O7/c1-13(27)23-11-17-12-25(20(29)32-17)16-4-5-19(18(22)10-16)24-8-6-15(7-9-24)26(21(30)31-3)33-14(2)28/h4-5,10,15,17H,6-9,11-12H2,1-3H3,(H,23,27)/t17-/m0/s1. The minimum atomic E-state index is -0.770. The van der Waals surface area contributed by atoms with Crippen LogP contribution in [0.3, 0.4) is 0 Å². The number of hydrogen-bond acceptors (Lipinski definition) is 8. The van der Waals surface area contributed by atoms with Gasteiger partial charge in [0.2, 0.25) is 5.91 Å². The highest BCUT2D eigenvalue weighted by Crippen LogP contribution is 2.30. The molecule has 3 amide bonds. The predicted octanol–water partition coefficient (Wildman–Crippen LogP) is 1.80. The van der Waals surface area contributed by atoms with Crippen molar-refractivity contribution in [2.45, 2.75) is 38.8 Å². The summed E-state index contributed by atoms with van der Waals surface area (Å²) in [6, 6.07) is 4.10. The molecule has 0 bridgehead atoms. The largest absolute Gasteiger partial charge is 0.451 e. The van der Waals surface area contributed by atoms with E-state index in [1.165, 1.54) is 31.9 Å². The summed E-state index contributed by atoms with van der Waals surface area (Å²) >= 11 is 0. The zero-order chi connectivity index (χ0) is 24.1. The summed E-state index contributed by atoms with van der Waals surface area (Å²) in [4.78, 5) is 54.6. The Labute approximate surface area is 190 Å². The first-order chi connectivity index (χ1) is 15.7. The molecule has 0 unspecified atom stereocenters. The SMILES string of the molecule is COC(=O)N(OC(C)=O)C1CCN(c2ccc(N3C[C@H](CNC(C)=O)OC3=O)cc2F)CC1. The van der Waals surface area contributed by atoms with E-state index in [4.69, 9.17) is 9.57 Å². The molecule has 11 nitrogen and oxygen atoms in total. The molecule has 3 rings (SSSR count). The predicted molar refractivity (Wildman–Crippen MR) is 114 cm³/mol. The smallest absolute Gasteiger partial charge is 0.443 e. The monoisotopic (exact) mass is 466 g/mol. The molecular formula is C21H27FN4O7. The molecule has 0 saturated carbocycles. The van der Waals surface area contributed by atoms with E-state index in [0.717, 1.165) is 5.06 Å². The summed E-state index contributed by atoms with van der Waals surface area (Å²) in [7, 11) is 1.20. The van der Waals surface area contributed by atoms with E-state index in [1.54, 1.807) is 12.1 Å². The van der Waals surface area contributed by atoms with Crippen LogP contribution in [0.2, 0.25) is 0 Å². The number of cyclic esters (lactones) is 1. The van der Waals surface area contributed by atoms with Gasteiger partial charge in [-0.15, -0.1) is 5.06 Å². The van der Waals surface area contributed by atoms with Crippen LogP contribution in [0.1, 0.15) is 26.7 Å². The van der Waals surface area contributed by atoms with Crippen molar-refractivity contribution in [3.05, 3.63) is 24.0 Å². The van der Waals surface area contributed by atoms with E-state index in [9.17, 15) is 23.6 Å². The number of halogens is 1. The van der Waals surface area contributed by atoms with E-state index in [-0.39, 0.29) is 25.0 Å². The van der Waals surface area contributed by atoms with Crippen LogP contribution in [0.4, 0.5) is 25.4 Å². The number of ether oxygens (including phenoxy) is 2. The van der Waals surface area contributed by atoms with Gasteiger partial charge in [0, 0.05) is 26.9 Å². The molecule has 2 saturated heterocycles. The number of carbonyl (C=O) groups excluding carboxylic acids is 4. The van der Waals surface area contributed by atoms with Crippen LogP contribution in [0.5, 0.6) is 0 Å². The number of benzene rings is 1. The summed E-state index contributed by atoms with van der Waals surface area (Å²) in [5, 5.41) is 3.52. The lowest BCUT2D eigenvalue weighted by Crippen LogP contribution is -2.48. The maximum atomic E-state index is 14.9. The maximum Gasteiger partial charge on any atom is 0.443 e. The topological polar surface area (TPSA) is 118 Å². The molecule has 1 atom stereocenters. The van der Waals surface area contributed by atoms with Crippen LogP contribution in [0.25, 0.3) is 0 Å². The van der Waals surface area contributed by atoms with Gasteiger partial charge in [0.1, 0.15) is 11.9 Å². The van der Waals surface area contributed by atoms with Crippen molar-refractivity contribution in [2.24, 2.45) is 0 Å². The first kappa shape index (κ1) is 24.1. The number of hydrogen-bond donors (Lipinski definition) is 1. The first-order valence-corrected chi connectivity index (χ1v) is 10.5. The zero-order valence-corrected chi connectivity index (χ0v) is 18.7. The van der Waals surface area contributed by atoms with Crippen molar-refractivity contribution in [1.82, 2.24) is 10.4 Å². The Morgan fingerprint density at radius 2 is 1.94 bits per heavy atom. The van der Waals surface area contributed by atoms with E-state index in [1.807, 2.05) is 4.90 Å². The third-order valence-corrected chi connectivity index (χ3v) is 5.41. The molecular weight excluding hydrogens is 439 g/mol. The molecule has 0 aromatic heterocycles. The second-order valence-electron chi connectivity index (χ2n) is 7.79. The number of nitrogens with one attached hydrogen (secondary N) is 1. The molecule has 33 heavy (non-hydrogen) atoms. The first-order valence-electron chi connectivity index (χ1n) is 10.5. The van der Waals surface area contributed by atoms with Crippen LogP contribution in [-0.2, 0) is 23.9 Å². The Kier molecular flexibility index (Phi) is 7.56. The van der Waals surface area contributed by atoms with Crippen LogP contribution in [0, 0.1) is 5.82 Å². The number of anilines is 2. The lowest BCUT2D eigenvalue weighted by molar-refractivity contribution is -0.188. The molecule has 2 aliphatic rings. The van der Waals surface area contributed by atoms with Gasteiger partial charge in [-0.05, 0) is 31.0 Å². The summed E-state index contributed by atoms with van der Waals surface area (Å²) in [5.41, 5.74) is 0.713. The highest BCUT2D eigenvalue weighted by Gasteiger charge is 2.34. The number of nitrogens with zero attached hydrogens (tertiary/aromatic N) is 3. The second kappa shape index (κ2) is 10.4. The molecule has 1 aromatic rings. The van der Waals surface area contributed by atoms with Gasteiger partial charge < -0.3 is 24.5 Å². The highest BCUT2D eigenvalue weighted by molar-refractivity contribution is 5.90. The Morgan fingerprint density at radius 3 is 2.52 bits per heavy atom. The molecule has 1 N–H and O–H groups in total. The minimum absolute atomic E-state index is 0.184. The lowest BCUT2D eigenvalue weighted by Gasteiger charge is -2.37. The number of carbonyl (C=O) groups is 4. The summed E-state index contributed by atoms with van der Waals surface area (Å²) in [5.74, 6) is -1.37. The van der Waals surface area contributed by atoms with E-state index >= 15 is 0 Å². The molecule has 2 fully saturated rings. The number of rotatable bonds is 5. The summed E-state index contributed by atoms with van der Waals surface area (Å²) in [6.45, 7) is 3.78. The van der Waals surface area contributed by atoms with Gasteiger partial charge >= 0.3 is 18.2 Å². The molecule has 0 spiro atoms. The molecule has 180 valence electrons. The summed E-state index contributed by atoms with van der Waals surface area (Å²) < 4.78 is 24.8. The Bertz CT molecular complexity index is 920. The van der Waals surface area contributed by atoms with Gasteiger partial charge in [0.25, 0.3) is 0 Å². The van der Waals surface area contributed by atoms with Crippen molar-refractivity contribution >= 4 is 35.4 Å². The fourth-order valence-corrected chi connectivity index (χ4v) is 3.85. The number of methoxy groups -OCH3 is 1. The quantitative estimate of drug-likeness (QED) is 0.653. The third kappa shape index (κ3) is 5.82. The average Bonchev–Trinajstić information content (AvgIpc) is 3.16. The van der Waals surface area contributed by atoms with Crippen LogP contribution < -0.4 is 15.1 Å². The van der Waals surface area contributed by atoms with Crippen LogP contribution in [-0.4, -0.2) is 74.6 Å². The van der Waals surface area contributed by atoms with Gasteiger partial charge in [-0.2, -0.15) is 0 Å². The molecule has 12 heteroatoms. The van der Waals surface area contributed by atoms with Crippen molar-refractivity contribution in [1.29, 1.82) is 0 Å². The molecule has 0 radical (unpaired) electrons. The lowest BCUT2D eigenvalue weighted by atomic mass is 10.0. The fraction of sp³-hybridized carbons (Fsp3) is 0.524. The van der Waals surface area contributed by atoms with Gasteiger partial charge in [-0.25, -0.2) is 14.0 Å². The van der Waals surface area contributed by atoms with Crippen molar-refractivity contribution < 1.29 is 37.9 Å². The van der Waals surface area contributed by atoms with Gasteiger partial charge in [-0.3, -0.25) is 14.5 Å². The highest BCUT2D eigenvalue weighted by atomic mass is 19.1. The Balaban J connectivity index is 1.63. The fourth-order valence-electron chi connectivity index (χ4n) is 3.85. The van der Waals surface area contributed by atoms with Crippen LogP contribution >= 0.6 is 0 Å². The van der Waals surface area contributed by atoms with Gasteiger partial charge in [0.05, 0.1) is 37.6 Å². The average molecular weight is 466 g/mol. The molecule has 0 aliphatic carbocycles. The second-order valence-corrected chi connectivity index (χ2v) is 7.79. The maximum absolute atomic E-state index is 14.9. The van der Waals surface area contributed by atoms with Crippen molar-refractivity contribution in [2.75, 3.05) is 43.1 Å². The van der Waals surface area contributed by atoms with Crippen molar-refractivity contribution in [3.8, 4) is 0 Å².